The van der Waals surface area contributed by atoms with Crippen molar-refractivity contribution in [3.05, 3.63) is 59.2 Å². The molecule has 158 valence electrons. The van der Waals surface area contributed by atoms with Crippen LogP contribution in [-0.4, -0.2) is 61.3 Å². The van der Waals surface area contributed by atoms with Gasteiger partial charge in [0.15, 0.2) is 11.5 Å². The third-order valence-electron chi connectivity index (χ3n) is 4.92. The van der Waals surface area contributed by atoms with Gasteiger partial charge in [0.05, 0.1) is 32.4 Å². The normalized spacial score (nSPS) is 18.0. The molecule has 2 aromatic rings. The molecule has 0 radical (unpaired) electrons. The minimum absolute atomic E-state index is 0.0176. The standard InChI is InChI=1S/C22H23NO7/c1-28-10-9-23-19(13-5-4-6-15(24)11-13)18(21(26)22(23)27)20(25)14-7-8-16(29-2)17(12-14)30-3/h4-8,11-12,19,24-25H,9-10H2,1-3H3/b20-18-. The predicted molar refractivity (Wildman–Crippen MR) is 109 cm³/mol. The number of ketones is 1. The van der Waals surface area contributed by atoms with E-state index in [4.69, 9.17) is 14.2 Å². The summed E-state index contributed by atoms with van der Waals surface area (Å²) in [5, 5.41) is 20.9. The van der Waals surface area contributed by atoms with Gasteiger partial charge in [0.1, 0.15) is 11.5 Å². The van der Waals surface area contributed by atoms with Crippen LogP contribution >= 0.6 is 0 Å². The monoisotopic (exact) mass is 413 g/mol. The van der Waals surface area contributed by atoms with Crippen LogP contribution in [0.25, 0.3) is 5.76 Å². The van der Waals surface area contributed by atoms with Gasteiger partial charge in [-0.15, -0.1) is 0 Å². The molecule has 2 aromatic carbocycles. The largest absolute Gasteiger partial charge is 0.508 e. The van der Waals surface area contributed by atoms with E-state index in [2.05, 4.69) is 0 Å². The first-order chi connectivity index (χ1) is 14.4. The number of aromatic hydroxyl groups is 1. The summed E-state index contributed by atoms with van der Waals surface area (Å²) in [4.78, 5) is 26.9. The van der Waals surface area contributed by atoms with E-state index in [-0.39, 0.29) is 30.2 Å². The maximum Gasteiger partial charge on any atom is 0.295 e. The van der Waals surface area contributed by atoms with Crippen molar-refractivity contribution >= 4 is 17.4 Å². The first kappa shape index (κ1) is 21.2. The number of rotatable bonds is 7. The first-order valence-corrected chi connectivity index (χ1v) is 9.21. The van der Waals surface area contributed by atoms with Crippen LogP contribution in [-0.2, 0) is 14.3 Å². The highest BCUT2D eigenvalue weighted by Crippen LogP contribution is 2.41. The Labute approximate surface area is 173 Å². The number of amides is 1. The van der Waals surface area contributed by atoms with E-state index in [1.807, 2.05) is 0 Å². The van der Waals surface area contributed by atoms with Crippen molar-refractivity contribution in [2.24, 2.45) is 0 Å². The van der Waals surface area contributed by atoms with Gasteiger partial charge >= 0.3 is 0 Å². The summed E-state index contributed by atoms with van der Waals surface area (Å²) in [6, 6.07) is 10.0. The lowest BCUT2D eigenvalue weighted by Gasteiger charge is -2.25. The van der Waals surface area contributed by atoms with E-state index in [1.54, 1.807) is 24.3 Å². The topological polar surface area (TPSA) is 106 Å². The van der Waals surface area contributed by atoms with E-state index >= 15 is 0 Å². The maximum atomic E-state index is 12.9. The molecule has 0 spiro atoms. The second-order valence-electron chi connectivity index (χ2n) is 6.65. The summed E-state index contributed by atoms with van der Waals surface area (Å²) < 4.78 is 15.5. The average Bonchev–Trinajstić information content (AvgIpc) is 3.01. The van der Waals surface area contributed by atoms with E-state index in [9.17, 15) is 19.8 Å². The Kier molecular flexibility index (Phi) is 6.27. The van der Waals surface area contributed by atoms with Crippen molar-refractivity contribution in [3.8, 4) is 17.2 Å². The molecule has 1 aliphatic heterocycles. The highest BCUT2D eigenvalue weighted by molar-refractivity contribution is 6.46. The number of methoxy groups -OCH3 is 3. The number of ether oxygens (including phenoxy) is 3. The Bertz CT molecular complexity index is 999. The molecule has 1 heterocycles. The summed E-state index contributed by atoms with van der Waals surface area (Å²) in [6.45, 7) is 0.350. The average molecular weight is 413 g/mol. The molecule has 0 bridgehead atoms. The maximum absolute atomic E-state index is 12.9. The van der Waals surface area contributed by atoms with Crippen molar-refractivity contribution in [1.82, 2.24) is 4.90 Å². The number of phenolic OH excluding ortho intramolecular Hbond substituents is 1. The molecular weight excluding hydrogens is 390 g/mol. The van der Waals surface area contributed by atoms with E-state index < -0.39 is 17.7 Å². The summed E-state index contributed by atoms with van der Waals surface area (Å²) in [6.07, 6.45) is 0. The number of Topliss-reactive ketones (excluding diaryl/α,β-unsaturated/α-hetero) is 1. The molecule has 0 aliphatic carbocycles. The fraction of sp³-hybridized carbons (Fsp3) is 0.273. The highest BCUT2D eigenvalue weighted by Gasteiger charge is 2.46. The SMILES string of the molecule is COCCN1C(=O)C(=O)/C(=C(\O)c2ccc(OC)c(OC)c2)C1c1cccc(O)c1. The van der Waals surface area contributed by atoms with Crippen molar-refractivity contribution in [2.45, 2.75) is 6.04 Å². The van der Waals surface area contributed by atoms with Gasteiger partial charge in [-0.25, -0.2) is 0 Å². The van der Waals surface area contributed by atoms with Crippen LogP contribution in [0, 0.1) is 0 Å². The van der Waals surface area contributed by atoms with E-state index in [0.29, 0.717) is 22.6 Å². The predicted octanol–water partition coefficient (Wildman–Crippen LogP) is 2.48. The number of benzene rings is 2. The van der Waals surface area contributed by atoms with Crippen LogP contribution in [0.15, 0.2) is 48.0 Å². The number of hydrogen-bond acceptors (Lipinski definition) is 7. The zero-order valence-electron chi connectivity index (χ0n) is 16.9. The van der Waals surface area contributed by atoms with Crippen LogP contribution in [0.4, 0.5) is 0 Å². The minimum atomic E-state index is -0.875. The Morgan fingerprint density at radius 3 is 2.40 bits per heavy atom. The van der Waals surface area contributed by atoms with Crippen LogP contribution in [0.2, 0.25) is 0 Å². The molecular formula is C22H23NO7. The Balaban J connectivity index is 2.18. The lowest BCUT2D eigenvalue weighted by Crippen LogP contribution is -2.32. The molecule has 1 amide bonds. The van der Waals surface area contributed by atoms with Gasteiger partial charge in [-0.2, -0.15) is 0 Å². The van der Waals surface area contributed by atoms with Gasteiger partial charge in [0, 0.05) is 19.2 Å². The fourth-order valence-corrected chi connectivity index (χ4v) is 3.48. The zero-order chi connectivity index (χ0) is 21.8. The number of aliphatic hydroxyl groups excluding tert-OH is 1. The second-order valence-corrected chi connectivity index (χ2v) is 6.65. The number of hydrogen-bond donors (Lipinski definition) is 2. The molecule has 8 heteroatoms. The molecule has 1 saturated heterocycles. The number of nitrogens with zero attached hydrogens (tertiary/aromatic N) is 1. The second kappa shape index (κ2) is 8.87. The molecule has 1 aliphatic rings. The van der Waals surface area contributed by atoms with Gasteiger partial charge in [0.25, 0.3) is 11.7 Å². The zero-order valence-corrected chi connectivity index (χ0v) is 16.9. The fourth-order valence-electron chi connectivity index (χ4n) is 3.48. The minimum Gasteiger partial charge on any atom is -0.508 e. The van der Waals surface area contributed by atoms with Gasteiger partial charge in [-0.1, -0.05) is 12.1 Å². The Hall–Kier alpha value is -3.52. The van der Waals surface area contributed by atoms with Gasteiger partial charge in [0.2, 0.25) is 0 Å². The van der Waals surface area contributed by atoms with Crippen LogP contribution in [0.5, 0.6) is 17.2 Å². The number of aliphatic hydroxyl groups is 1. The van der Waals surface area contributed by atoms with Crippen molar-refractivity contribution < 1.29 is 34.0 Å². The number of carbonyl (C=O) groups excluding carboxylic acids is 2. The lowest BCUT2D eigenvalue weighted by molar-refractivity contribution is -0.140. The molecule has 3 rings (SSSR count). The summed E-state index contributed by atoms with van der Waals surface area (Å²) in [7, 11) is 4.43. The summed E-state index contributed by atoms with van der Waals surface area (Å²) in [5.41, 5.74) is 0.712. The highest BCUT2D eigenvalue weighted by atomic mass is 16.5. The van der Waals surface area contributed by atoms with Gasteiger partial charge in [-0.05, 0) is 35.9 Å². The number of carbonyl (C=O) groups is 2. The number of phenols is 1. The third-order valence-corrected chi connectivity index (χ3v) is 4.92. The molecule has 0 saturated carbocycles. The quantitative estimate of drug-likeness (QED) is 0.408. The Morgan fingerprint density at radius 2 is 1.77 bits per heavy atom. The van der Waals surface area contributed by atoms with Gasteiger partial charge < -0.3 is 29.3 Å². The Morgan fingerprint density at radius 1 is 1.03 bits per heavy atom. The van der Waals surface area contributed by atoms with Crippen molar-refractivity contribution in [1.29, 1.82) is 0 Å². The first-order valence-electron chi connectivity index (χ1n) is 9.21. The van der Waals surface area contributed by atoms with Crippen molar-refractivity contribution in [3.63, 3.8) is 0 Å². The summed E-state index contributed by atoms with van der Waals surface area (Å²) >= 11 is 0. The molecule has 1 unspecified atom stereocenters. The van der Waals surface area contributed by atoms with Crippen LogP contribution < -0.4 is 9.47 Å². The molecule has 8 nitrogen and oxygen atoms in total. The van der Waals surface area contributed by atoms with Crippen molar-refractivity contribution in [2.75, 3.05) is 34.5 Å². The lowest BCUT2D eigenvalue weighted by atomic mass is 9.95. The van der Waals surface area contributed by atoms with E-state index in [0.717, 1.165) is 0 Å². The number of likely N-dealkylation sites (tertiary alicyclic amines) is 1. The molecule has 1 fully saturated rings. The molecule has 1 atom stereocenters. The van der Waals surface area contributed by atoms with Crippen LogP contribution in [0.1, 0.15) is 17.2 Å². The smallest absolute Gasteiger partial charge is 0.295 e. The van der Waals surface area contributed by atoms with E-state index in [1.165, 1.54) is 44.4 Å². The molecule has 30 heavy (non-hydrogen) atoms. The molecule has 0 aromatic heterocycles. The third kappa shape index (κ3) is 3.81. The van der Waals surface area contributed by atoms with Gasteiger partial charge in [-0.3, -0.25) is 9.59 Å². The molecule has 2 N–H and O–H groups in total. The summed E-state index contributed by atoms with van der Waals surface area (Å²) in [5.74, 6) is -1.10. The van der Waals surface area contributed by atoms with Crippen LogP contribution in [0.3, 0.4) is 0 Å².